The van der Waals surface area contributed by atoms with E-state index in [1.54, 1.807) is 43.3 Å². The van der Waals surface area contributed by atoms with Gasteiger partial charge in [-0.05, 0) is 48.4 Å². The molecule has 0 bridgehead atoms. The highest BCUT2D eigenvalue weighted by molar-refractivity contribution is 7.07. The summed E-state index contributed by atoms with van der Waals surface area (Å²) in [5.74, 6) is -0.00234. The Morgan fingerprint density at radius 3 is 2.54 bits per heavy atom. The van der Waals surface area contributed by atoms with Crippen molar-refractivity contribution in [1.82, 2.24) is 4.57 Å². The van der Waals surface area contributed by atoms with Crippen LogP contribution in [0.4, 0.5) is 4.39 Å². The molecule has 0 radical (unpaired) electrons. The van der Waals surface area contributed by atoms with Crippen molar-refractivity contribution in [2.24, 2.45) is 4.99 Å². The molecule has 0 saturated carbocycles. The predicted molar refractivity (Wildman–Crippen MR) is 131 cm³/mol. The van der Waals surface area contributed by atoms with E-state index >= 15 is 0 Å². The third kappa shape index (κ3) is 4.67. The van der Waals surface area contributed by atoms with E-state index in [1.807, 2.05) is 0 Å². The van der Waals surface area contributed by atoms with E-state index in [2.05, 4.69) is 11.6 Å². The standard InChI is InChI=1S/C26H23FN2O5S/c1-5-12-34-25(31)22-15(2)28-26-29(23(22)17-8-11-19(32-3)20(14-17)33-4)24(30)21(35-26)13-16-6-9-18(27)10-7-16/h5-11,13-14,23H,1,12H2,2-4H3/b21-13+/t23-/m1/s1. The second-order valence-electron chi connectivity index (χ2n) is 7.63. The number of ether oxygens (including phenoxy) is 3. The second-order valence-corrected chi connectivity index (χ2v) is 8.64. The van der Waals surface area contributed by atoms with E-state index in [1.165, 1.54) is 48.3 Å². The van der Waals surface area contributed by atoms with Gasteiger partial charge in [0.25, 0.3) is 5.56 Å². The third-order valence-corrected chi connectivity index (χ3v) is 6.45. The quantitative estimate of drug-likeness (QED) is 0.373. The number of thiazole rings is 1. The molecule has 1 aromatic heterocycles. The molecule has 0 amide bonds. The van der Waals surface area contributed by atoms with E-state index in [9.17, 15) is 14.0 Å². The molecule has 180 valence electrons. The highest BCUT2D eigenvalue weighted by Crippen LogP contribution is 2.36. The maximum Gasteiger partial charge on any atom is 0.338 e. The van der Waals surface area contributed by atoms with Gasteiger partial charge in [-0.3, -0.25) is 9.36 Å². The number of fused-ring (bicyclic) bond motifs is 1. The summed E-state index contributed by atoms with van der Waals surface area (Å²) in [4.78, 5) is 31.7. The van der Waals surface area contributed by atoms with Crippen LogP contribution in [0.25, 0.3) is 6.08 Å². The van der Waals surface area contributed by atoms with Crippen LogP contribution in [0.5, 0.6) is 11.5 Å². The van der Waals surface area contributed by atoms with Gasteiger partial charge in [0.1, 0.15) is 12.4 Å². The molecule has 0 N–H and O–H groups in total. The summed E-state index contributed by atoms with van der Waals surface area (Å²) >= 11 is 1.19. The van der Waals surface area contributed by atoms with Crippen LogP contribution in [-0.4, -0.2) is 31.4 Å². The zero-order chi connectivity index (χ0) is 25.1. The summed E-state index contributed by atoms with van der Waals surface area (Å²) in [6, 6.07) is 10.2. The number of aromatic nitrogens is 1. The first-order valence-corrected chi connectivity index (χ1v) is 11.5. The van der Waals surface area contributed by atoms with E-state index in [0.29, 0.717) is 37.7 Å². The number of hydrogen-bond donors (Lipinski definition) is 0. The molecule has 0 saturated heterocycles. The second kappa shape index (κ2) is 10.1. The van der Waals surface area contributed by atoms with E-state index in [4.69, 9.17) is 14.2 Å². The lowest BCUT2D eigenvalue weighted by atomic mass is 9.95. The minimum Gasteiger partial charge on any atom is -0.493 e. The van der Waals surface area contributed by atoms with Gasteiger partial charge in [-0.25, -0.2) is 14.2 Å². The van der Waals surface area contributed by atoms with Crippen LogP contribution in [0, 0.1) is 5.82 Å². The van der Waals surface area contributed by atoms with E-state index < -0.39 is 12.0 Å². The fourth-order valence-electron chi connectivity index (χ4n) is 3.84. The molecule has 1 aliphatic heterocycles. The van der Waals surface area contributed by atoms with Gasteiger partial charge in [0, 0.05) is 0 Å². The molecule has 2 heterocycles. The van der Waals surface area contributed by atoms with Gasteiger partial charge >= 0.3 is 5.97 Å². The number of methoxy groups -OCH3 is 2. The molecule has 4 rings (SSSR count). The minimum atomic E-state index is -0.807. The number of allylic oxidation sites excluding steroid dienone is 1. The molecular weight excluding hydrogens is 471 g/mol. The Balaban J connectivity index is 1.95. The van der Waals surface area contributed by atoms with E-state index in [-0.39, 0.29) is 23.6 Å². The van der Waals surface area contributed by atoms with E-state index in [0.717, 1.165) is 0 Å². The summed E-state index contributed by atoms with van der Waals surface area (Å²) in [5, 5.41) is 0. The monoisotopic (exact) mass is 494 g/mol. The van der Waals surface area contributed by atoms with Gasteiger partial charge in [0.05, 0.1) is 36.1 Å². The van der Waals surface area contributed by atoms with Crippen molar-refractivity contribution >= 4 is 23.4 Å². The molecule has 1 atom stereocenters. The fourth-order valence-corrected chi connectivity index (χ4v) is 4.89. The molecule has 0 spiro atoms. The smallest absolute Gasteiger partial charge is 0.338 e. The molecule has 35 heavy (non-hydrogen) atoms. The third-order valence-electron chi connectivity index (χ3n) is 5.46. The van der Waals surface area contributed by atoms with Crippen molar-refractivity contribution in [3.63, 3.8) is 0 Å². The average Bonchev–Trinajstić information content (AvgIpc) is 3.16. The van der Waals surface area contributed by atoms with Gasteiger partial charge in [-0.15, -0.1) is 0 Å². The van der Waals surface area contributed by atoms with Crippen LogP contribution in [0.1, 0.15) is 24.1 Å². The molecule has 0 fully saturated rings. The first kappa shape index (κ1) is 24.2. The summed E-state index contributed by atoms with van der Waals surface area (Å²) in [6.45, 7) is 5.31. The lowest BCUT2D eigenvalue weighted by Gasteiger charge is -2.25. The minimum absolute atomic E-state index is 0.0171. The molecule has 0 aliphatic carbocycles. The molecule has 7 nitrogen and oxygen atoms in total. The summed E-state index contributed by atoms with van der Waals surface area (Å²) < 4.78 is 31.3. The number of nitrogens with zero attached hydrogens (tertiary/aromatic N) is 2. The first-order valence-electron chi connectivity index (χ1n) is 10.7. The van der Waals surface area contributed by atoms with Crippen LogP contribution in [-0.2, 0) is 9.53 Å². The largest absolute Gasteiger partial charge is 0.493 e. The molecule has 2 aromatic carbocycles. The van der Waals surface area contributed by atoms with Crippen molar-refractivity contribution in [1.29, 1.82) is 0 Å². The van der Waals surface area contributed by atoms with Crippen molar-refractivity contribution in [3.8, 4) is 11.5 Å². The number of carbonyl (C=O) groups excluding carboxylic acids is 1. The predicted octanol–water partition coefficient (Wildman–Crippen LogP) is 3.12. The van der Waals surface area contributed by atoms with Gasteiger partial charge in [0.2, 0.25) is 0 Å². The molecular formula is C26H23FN2O5S. The number of carbonyl (C=O) groups is 1. The SMILES string of the molecule is C=CCOC(=O)C1=C(C)N=c2s/c(=C/c3ccc(F)cc3)c(=O)n2[C@@H]1c1ccc(OC)c(OC)c1. The highest BCUT2D eigenvalue weighted by atomic mass is 32.1. The molecule has 3 aromatic rings. The van der Waals surface area contributed by atoms with Gasteiger partial charge < -0.3 is 14.2 Å². The number of hydrogen-bond acceptors (Lipinski definition) is 7. The maximum atomic E-state index is 13.6. The van der Waals surface area contributed by atoms with Crippen LogP contribution >= 0.6 is 11.3 Å². The Hall–Kier alpha value is -3.98. The van der Waals surface area contributed by atoms with Gasteiger partial charge in [0.15, 0.2) is 16.3 Å². The zero-order valence-corrected chi connectivity index (χ0v) is 20.2. The van der Waals surface area contributed by atoms with Crippen molar-refractivity contribution in [3.05, 3.63) is 103 Å². The van der Waals surface area contributed by atoms with Crippen LogP contribution in [0.2, 0.25) is 0 Å². The maximum absolute atomic E-state index is 13.6. The summed E-state index contributed by atoms with van der Waals surface area (Å²) in [5.41, 5.74) is 1.63. The summed E-state index contributed by atoms with van der Waals surface area (Å²) in [6.07, 6.45) is 3.14. The Morgan fingerprint density at radius 2 is 1.89 bits per heavy atom. The van der Waals surface area contributed by atoms with Crippen LogP contribution in [0.3, 0.4) is 0 Å². The van der Waals surface area contributed by atoms with Gasteiger partial charge in [-0.2, -0.15) is 0 Å². The fraction of sp³-hybridized carbons (Fsp3) is 0.192. The van der Waals surface area contributed by atoms with Crippen LogP contribution < -0.4 is 24.4 Å². The number of rotatable bonds is 7. The molecule has 0 unspecified atom stereocenters. The van der Waals surface area contributed by atoms with Crippen LogP contribution in [0.15, 0.2) is 76.2 Å². The average molecular weight is 495 g/mol. The Bertz CT molecular complexity index is 1500. The number of halogens is 1. The Morgan fingerprint density at radius 1 is 1.17 bits per heavy atom. The number of esters is 1. The van der Waals surface area contributed by atoms with Crippen molar-refractivity contribution in [2.75, 3.05) is 20.8 Å². The Labute approximate surface area is 204 Å². The lowest BCUT2D eigenvalue weighted by molar-refractivity contribution is -0.138. The normalized spacial score (nSPS) is 15.3. The zero-order valence-electron chi connectivity index (χ0n) is 19.4. The van der Waals surface area contributed by atoms with Crippen molar-refractivity contribution < 1.29 is 23.4 Å². The van der Waals surface area contributed by atoms with Crippen molar-refractivity contribution in [2.45, 2.75) is 13.0 Å². The van der Waals surface area contributed by atoms with Gasteiger partial charge in [-0.1, -0.05) is 42.2 Å². The topological polar surface area (TPSA) is 79.1 Å². The number of benzene rings is 2. The Kier molecular flexibility index (Phi) is 6.97. The molecule has 9 heteroatoms. The summed E-state index contributed by atoms with van der Waals surface area (Å²) in [7, 11) is 3.04. The first-order chi connectivity index (χ1) is 16.9. The highest BCUT2D eigenvalue weighted by Gasteiger charge is 2.34. The lowest BCUT2D eigenvalue weighted by Crippen LogP contribution is -2.40. The molecule has 1 aliphatic rings.